The van der Waals surface area contributed by atoms with Gasteiger partial charge >= 0.3 is 0 Å². The van der Waals surface area contributed by atoms with Crippen molar-refractivity contribution in [3.63, 3.8) is 0 Å². The van der Waals surface area contributed by atoms with Gasteiger partial charge in [0.1, 0.15) is 18.3 Å². The summed E-state index contributed by atoms with van der Waals surface area (Å²) in [6.45, 7) is 2.95. The van der Waals surface area contributed by atoms with Gasteiger partial charge in [0.25, 0.3) is 0 Å². The average molecular weight is 176 g/mol. The SMILES string of the molecule is C=C1[C@H](O)[C@H](O)O[C@H](CO)[C@H]1O. The van der Waals surface area contributed by atoms with Crippen LogP contribution in [0.1, 0.15) is 0 Å². The molecule has 0 saturated carbocycles. The minimum absolute atomic E-state index is 0.0628. The van der Waals surface area contributed by atoms with Gasteiger partial charge in [0.2, 0.25) is 0 Å². The minimum atomic E-state index is -1.42. The van der Waals surface area contributed by atoms with Gasteiger partial charge in [-0.2, -0.15) is 0 Å². The van der Waals surface area contributed by atoms with Crippen LogP contribution in [0.4, 0.5) is 0 Å². The Morgan fingerprint density at radius 2 is 1.83 bits per heavy atom. The lowest BCUT2D eigenvalue weighted by Gasteiger charge is -2.35. The van der Waals surface area contributed by atoms with Gasteiger partial charge in [-0.05, 0) is 5.57 Å². The van der Waals surface area contributed by atoms with Crippen LogP contribution in [0.3, 0.4) is 0 Å². The first-order valence-electron chi connectivity index (χ1n) is 3.57. The van der Waals surface area contributed by atoms with Gasteiger partial charge in [-0.1, -0.05) is 6.58 Å². The Balaban J connectivity index is 2.70. The molecule has 1 saturated heterocycles. The molecule has 5 nitrogen and oxygen atoms in total. The Bertz CT molecular complexity index is 181. The molecule has 0 aromatic rings. The fourth-order valence-electron chi connectivity index (χ4n) is 1.07. The highest BCUT2D eigenvalue weighted by atomic mass is 16.6. The predicted octanol–water partition coefficient (Wildman–Crippen LogP) is -2.03. The van der Waals surface area contributed by atoms with Crippen LogP contribution >= 0.6 is 0 Å². The molecule has 0 unspecified atom stereocenters. The highest BCUT2D eigenvalue weighted by molar-refractivity contribution is 5.14. The minimum Gasteiger partial charge on any atom is -0.394 e. The summed E-state index contributed by atoms with van der Waals surface area (Å²) in [6, 6.07) is 0. The molecule has 4 N–H and O–H groups in total. The zero-order valence-corrected chi connectivity index (χ0v) is 6.42. The van der Waals surface area contributed by atoms with Gasteiger partial charge in [-0.15, -0.1) is 0 Å². The Morgan fingerprint density at radius 3 is 2.33 bits per heavy atom. The molecule has 12 heavy (non-hydrogen) atoms. The standard InChI is InChI=1S/C7H12O5/c1-3-5(9)4(2-8)12-7(11)6(3)10/h4-11H,1-2H2/t4-,5+,6+,7-/m1/s1. The summed E-state index contributed by atoms with van der Waals surface area (Å²) >= 11 is 0. The Labute approximate surface area is 69.5 Å². The molecule has 1 fully saturated rings. The summed E-state index contributed by atoms with van der Waals surface area (Å²) in [6.07, 6.45) is -4.75. The smallest absolute Gasteiger partial charge is 0.185 e. The molecule has 0 bridgehead atoms. The molecule has 1 rings (SSSR count). The van der Waals surface area contributed by atoms with Crippen LogP contribution in [0, 0.1) is 0 Å². The van der Waals surface area contributed by atoms with Crippen molar-refractivity contribution in [2.75, 3.05) is 6.61 Å². The van der Waals surface area contributed by atoms with Gasteiger partial charge in [0, 0.05) is 0 Å². The summed E-state index contributed by atoms with van der Waals surface area (Å²) in [4.78, 5) is 0. The quantitative estimate of drug-likeness (QED) is 0.346. The molecule has 0 amide bonds. The molecular formula is C7H12O5. The van der Waals surface area contributed by atoms with Gasteiger partial charge in [0.15, 0.2) is 6.29 Å². The van der Waals surface area contributed by atoms with E-state index in [9.17, 15) is 5.11 Å². The zero-order chi connectivity index (χ0) is 9.30. The second-order valence-corrected chi connectivity index (χ2v) is 2.71. The Hall–Kier alpha value is -0.460. The van der Waals surface area contributed by atoms with Crippen LogP contribution in [0.15, 0.2) is 12.2 Å². The van der Waals surface area contributed by atoms with Crippen molar-refractivity contribution < 1.29 is 25.2 Å². The van der Waals surface area contributed by atoms with Crippen LogP contribution in [0.2, 0.25) is 0 Å². The van der Waals surface area contributed by atoms with Crippen molar-refractivity contribution in [2.45, 2.75) is 24.6 Å². The van der Waals surface area contributed by atoms with E-state index >= 15 is 0 Å². The van der Waals surface area contributed by atoms with E-state index in [2.05, 4.69) is 11.3 Å². The molecule has 0 aromatic heterocycles. The summed E-state index contributed by atoms with van der Waals surface area (Å²) in [7, 11) is 0. The largest absolute Gasteiger partial charge is 0.394 e. The molecule has 0 spiro atoms. The van der Waals surface area contributed by atoms with Crippen molar-refractivity contribution in [1.29, 1.82) is 0 Å². The van der Waals surface area contributed by atoms with E-state index in [0.717, 1.165) is 0 Å². The van der Waals surface area contributed by atoms with Gasteiger partial charge in [-0.3, -0.25) is 0 Å². The molecule has 0 aliphatic carbocycles. The molecule has 1 aliphatic rings. The molecule has 0 radical (unpaired) electrons. The number of rotatable bonds is 1. The maximum absolute atomic E-state index is 9.27. The maximum atomic E-state index is 9.27. The van der Waals surface area contributed by atoms with Crippen molar-refractivity contribution in [3.8, 4) is 0 Å². The van der Waals surface area contributed by atoms with Crippen LogP contribution in [0.5, 0.6) is 0 Å². The summed E-state index contributed by atoms with van der Waals surface area (Å²) < 4.78 is 4.68. The number of aliphatic hydroxyl groups is 4. The molecule has 5 heteroatoms. The topological polar surface area (TPSA) is 90.2 Å². The third-order valence-electron chi connectivity index (χ3n) is 1.88. The summed E-state index contributed by atoms with van der Waals surface area (Å²) in [5.74, 6) is 0. The van der Waals surface area contributed by atoms with E-state index in [1.807, 2.05) is 0 Å². The van der Waals surface area contributed by atoms with Gasteiger partial charge < -0.3 is 25.2 Å². The second-order valence-electron chi connectivity index (χ2n) is 2.71. The monoisotopic (exact) mass is 176 g/mol. The molecular weight excluding hydrogens is 164 g/mol. The van der Waals surface area contributed by atoms with Crippen molar-refractivity contribution >= 4 is 0 Å². The Kier molecular flexibility index (Phi) is 2.81. The molecule has 70 valence electrons. The Morgan fingerprint density at radius 1 is 1.25 bits per heavy atom. The fraction of sp³-hybridized carbons (Fsp3) is 0.714. The first-order valence-corrected chi connectivity index (χ1v) is 3.57. The third-order valence-corrected chi connectivity index (χ3v) is 1.88. The lowest BCUT2D eigenvalue weighted by Crippen LogP contribution is -2.50. The molecule has 0 aromatic carbocycles. The number of aliphatic hydroxyl groups excluding tert-OH is 4. The number of ether oxygens (including phenoxy) is 1. The zero-order valence-electron chi connectivity index (χ0n) is 6.42. The molecule has 4 atom stereocenters. The van der Waals surface area contributed by atoms with Gasteiger partial charge in [-0.25, -0.2) is 0 Å². The van der Waals surface area contributed by atoms with Gasteiger partial charge in [0.05, 0.1) is 6.61 Å². The van der Waals surface area contributed by atoms with Crippen molar-refractivity contribution in [2.24, 2.45) is 0 Å². The first-order chi connectivity index (χ1) is 5.57. The highest BCUT2D eigenvalue weighted by Gasteiger charge is 2.37. The van der Waals surface area contributed by atoms with E-state index in [0.29, 0.717) is 0 Å². The van der Waals surface area contributed by atoms with Crippen LogP contribution < -0.4 is 0 Å². The van der Waals surface area contributed by atoms with E-state index in [4.69, 9.17) is 15.3 Å². The average Bonchev–Trinajstić information content (AvgIpc) is 2.08. The molecule has 1 heterocycles. The second kappa shape index (κ2) is 3.51. The normalized spacial score (nSPS) is 43.2. The summed E-state index contributed by atoms with van der Waals surface area (Å²) in [5, 5.41) is 36.1. The van der Waals surface area contributed by atoms with E-state index < -0.39 is 31.2 Å². The van der Waals surface area contributed by atoms with Crippen LogP contribution in [-0.4, -0.2) is 51.6 Å². The number of hydrogen-bond acceptors (Lipinski definition) is 5. The highest BCUT2D eigenvalue weighted by Crippen LogP contribution is 2.22. The van der Waals surface area contributed by atoms with E-state index in [1.165, 1.54) is 0 Å². The number of hydrogen-bond donors (Lipinski definition) is 4. The van der Waals surface area contributed by atoms with E-state index in [-0.39, 0.29) is 5.57 Å². The first kappa shape index (κ1) is 9.63. The van der Waals surface area contributed by atoms with Crippen molar-refractivity contribution in [3.05, 3.63) is 12.2 Å². The van der Waals surface area contributed by atoms with E-state index in [1.54, 1.807) is 0 Å². The lowest BCUT2D eigenvalue weighted by atomic mass is 9.98. The predicted molar refractivity (Wildman–Crippen MR) is 39.1 cm³/mol. The van der Waals surface area contributed by atoms with Crippen molar-refractivity contribution in [1.82, 2.24) is 0 Å². The fourth-order valence-corrected chi connectivity index (χ4v) is 1.07. The maximum Gasteiger partial charge on any atom is 0.185 e. The summed E-state index contributed by atoms with van der Waals surface area (Å²) in [5.41, 5.74) is 0.0628. The molecule has 1 aliphatic heterocycles. The third kappa shape index (κ3) is 1.50. The van der Waals surface area contributed by atoms with Crippen LogP contribution in [0.25, 0.3) is 0 Å². The van der Waals surface area contributed by atoms with Crippen LogP contribution in [-0.2, 0) is 4.74 Å². The lowest BCUT2D eigenvalue weighted by molar-refractivity contribution is -0.228.